The number of anilines is 1. The summed E-state index contributed by atoms with van der Waals surface area (Å²) in [6, 6.07) is 0. The lowest BCUT2D eigenvalue weighted by Gasteiger charge is -2.19. The van der Waals surface area contributed by atoms with Gasteiger partial charge in [0.15, 0.2) is 0 Å². The SMILES string of the molecule is C=Cc1cnc(NC(=O)OC(C)(C)C)nc1. The van der Waals surface area contributed by atoms with Crippen molar-refractivity contribution in [3.63, 3.8) is 0 Å². The number of amides is 1. The highest BCUT2D eigenvalue weighted by Crippen LogP contribution is 2.08. The Morgan fingerprint density at radius 3 is 2.44 bits per heavy atom. The first-order valence-electron chi connectivity index (χ1n) is 4.85. The van der Waals surface area contributed by atoms with E-state index in [0.717, 1.165) is 5.56 Å². The van der Waals surface area contributed by atoms with Crippen LogP contribution in [0.2, 0.25) is 0 Å². The van der Waals surface area contributed by atoms with Gasteiger partial charge in [-0.25, -0.2) is 14.8 Å². The van der Waals surface area contributed by atoms with Crippen molar-refractivity contribution in [1.29, 1.82) is 0 Å². The van der Waals surface area contributed by atoms with Crippen molar-refractivity contribution in [3.8, 4) is 0 Å². The first-order valence-corrected chi connectivity index (χ1v) is 4.85. The van der Waals surface area contributed by atoms with E-state index in [9.17, 15) is 4.79 Å². The highest BCUT2D eigenvalue weighted by Gasteiger charge is 2.16. The molecule has 0 aliphatic carbocycles. The smallest absolute Gasteiger partial charge is 0.414 e. The molecule has 0 bridgehead atoms. The van der Waals surface area contributed by atoms with E-state index in [1.165, 1.54) is 0 Å². The van der Waals surface area contributed by atoms with Crippen LogP contribution < -0.4 is 5.32 Å². The molecule has 0 aliphatic heterocycles. The van der Waals surface area contributed by atoms with Gasteiger partial charge in [-0.1, -0.05) is 12.7 Å². The summed E-state index contributed by atoms with van der Waals surface area (Å²) in [5.74, 6) is 0.208. The number of nitrogens with one attached hydrogen (secondary N) is 1. The van der Waals surface area contributed by atoms with E-state index in [-0.39, 0.29) is 5.95 Å². The Kier molecular flexibility index (Phi) is 3.60. The summed E-state index contributed by atoms with van der Waals surface area (Å²) >= 11 is 0. The molecule has 86 valence electrons. The minimum absolute atomic E-state index is 0.208. The van der Waals surface area contributed by atoms with Gasteiger partial charge in [0, 0.05) is 18.0 Å². The number of hydrogen-bond acceptors (Lipinski definition) is 4. The summed E-state index contributed by atoms with van der Waals surface area (Å²) in [7, 11) is 0. The third-order valence-electron chi connectivity index (χ3n) is 1.52. The predicted molar refractivity (Wildman–Crippen MR) is 62.0 cm³/mol. The minimum Gasteiger partial charge on any atom is -0.444 e. The van der Waals surface area contributed by atoms with Crippen LogP contribution in [0.5, 0.6) is 0 Å². The standard InChI is InChI=1S/C11H15N3O2/c1-5-8-6-12-9(13-7-8)14-10(15)16-11(2,3)4/h5-7H,1H2,2-4H3,(H,12,13,14,15). The van der Waals surface area contributed by atoms with Crippen LogP contribution in [0.15, 0.2) is 19.0 Å². The zero-order chi connectivity index (χ0) is 12.2. The summed E-state index contributed by atoms with van der Waals surface area (Å²) in [5, 5.41) is 2.43. The molecule has 1 aromatic rings. The van der Waals surface area contributed by atoms with Crippen molar-refractivity contribution in [2.45, 2.75) is 26.4 Å². The van der Waals surface area contributed by atoms with Crippen molar-refractivity contribution in [3.05, 3.63) is 24.5 Å². The molecule has 1 amide bonds. The fourth-order valence-electron chi connectivity index (χ4n) is 0.903. The van der Waals surface area contributed by atoms with Crippen molar-refractivity contribution in [2.75, 3.05) is 5.32 Å². The maximum atomic E-state index is 11.3. The number of carbonyl (C=O) groups is 1. The largest absolute Gasteiger partial charge is 0.444 e. The van der Waals surface area contributed by atoms with Gasteiger partial charge in [0.2, 0.25) is 5.95 Å². The van der Waals surface area contributed by atoms with E-state index >= 15 is 0 Å². The zero-order valence-electron chi connectivity index (χ0n) is 9.65. The summed E-state index contributed by atoms with van der Waals surface area (Å²) in [4.78, 5) is 19.2. The molecule has 1 heterocycles. The lowest BCUT2D eigenvalue weighted by Crippen LogP contribution is -2.27. The van der Waals surface area contributed by atoms with E-state index < -0.39 is 11.7 Å². The van der Waals surface area contributed by atoms with Crippen LogP contribution >= 0.6 is 0 Å². The van der Waals surface area contributed by atoms with Gasteiger partial charge in [-0.3, -0.25) is 5.32 Å². The van der Waals surface area contributed by atoms with Crippen LogP contribution in [0.1, 0.15) is 26.3 Å². The molecule has 0 unspecified atom stereocenters. The molecule has 0 radical (unpaired) electrons. The topological polar surface area (TPSA) is 64.1 Å². The van der Waals surface area contributed by atoms with E-state index in [1.807, 2.05) is 0 Å². The van der Waals surface area contributed by atoms with Gasteiger partial charge >= 0.3 is 6.09 Å². The van der Waals surface area contributed by atoms with Gasteiger partial charge in [0.25, 0.3) is 0 Å². The van der Waals surface area contributed by atoms with Crippen LogP contribution in [0.25, 0.3) is 6.08 Å². The number of hydrogen-bond donors (Lipinski definition) is 1. The van der Waals surface area contributed by atoms with Gasteiger partial charge < -0.3 is 4.74 Å². The molecule has 1 aromatic heterocycles. The number of nitrogens with zero attached hydrogens (tertiary/aromatic N) is 2. The molecule has 0 fully saturated rings. The number of rotatable bonds is 2. The number of aromatic nitrogens is 2. The lowest BCUT2D eigenvalue weighted by molar-refractivity contribution is 0.0634. The van der Waals surface area contributed by atoms with Gasteiger partial charge in [-0.05, 0) is 20.8 Å². The van der Waals surface area contributed by atoms with Gasteiger partial charge in [-0.2, -0.15) is 0 Å². The van der Waals surface area contributed by atoms with Gasteiger partial charge in [0.1, 0.15) is 5.60 Å². The quantitative estimate of drug-likeness (QED) is 0.833. The van der Waals surface area contributed by atoms with Crippen molar-refractivity contribution < 1.29 is 9.53 Å². The highest BCUT2D eigenvalue weighted by atomic mass is 16.6. The molecule has 0 atom stereocenters. The Labute approximate surface area is 94.6 Å². The van der Waals surface area contributed by atoms with Crippen LogP contribution in [0, 0.1) is 0 Å². The molecule has 0 aliphatic rings. The van der Waals surface area contributed by atoms with Gasteiger partial charge in [-0.15, -0.1) is 0 Å². The van der Waals surface area contributed by atoms with E-state index in [4.69, 9.17) is 4.74 Å². The molecule has 5 heteroatoms. The number of ether oxygens (including phenoxy) is 1. The molecule has 0 spiro atoms. The Morgan fingerprint density at radius 2 is 2.00 bits per heavy atom. The van der Waals surface area contributed by atoms with Crippen molar-refractivity contribution in [2.24, 2.45) is 0 Å². The number of carbonyl (C=O) groups excluding carboxylic acids is 1. The van der Waals surface area contributed by atoms with E-state index in [2.05, 4.69) is 21.9 Å². The first-order chi connectivity index (χ1) is 7.40. The first kappa shape index (κ1) is 12.2. The second kappa shape index (κ2) is 4.74. The second-order valence-electron chi connectivity index (χ2n) is 4.17. The molecule has 0 saturated carbocycles. The monoisotopic (exact) mass is 221 g/mol. The fourth-order valence-corrected chi connectivity index (χ4v) is 0.903. The third-order valence-corrected chi connectivity index (χ3v) is 1.52. The predicted octanol–water partition coefficient (Wildman–Crippen LogP) is 2.47. The lowest BCUT2D eigenvalue weighted by atomic mass is 10.2. The molecule has 16 heavy (non-hydrogen) atoms. The highest BCUT2D eigenvalue weighted by molar-refractivity contribution is 5.82. The van der Waals surface area contributed by atoms with Crippen LogP contribution in [0.3, 0.4) is 0 Å². The maximum absolute atomic E-state index is 11.3. The Morgan fingerprint density at radius 1 is 1.44 bits per heavy atom. The third kappa shape index (κ3) is 4.08. The molecular formula is C11H15N3O2. The summed E-state index contributed by atoms with van der Waals surface area (Å²) in [5.41, 5.74) is 0.250. The fraction of sp³-hybridized carbons (Fsp3) is 0.364. The Hall–Kier alpha value is -1.91. The van der Waals surface area contributed by atoms with E-state index in [0.29, 0.717) is 0 Å². The maximum Gasteiger partial charge on any atom is 0.414 e. The summed E-state index contributed by atoms with van der Waals surface area (Å²) in [6.07, 6.45) is 4.18. The normalized spacial score (nSPS) is 10.7. The van der Waals surface area contributed by atoms with E-state index in [1.54, 1.807) is 39.2 Å². The molecule has 5 nitrogen and oxygen atoms in total. The Bertz CT molecular complexity index is 379. The van der Waals surface area contributed by atoms with Crippen LogP contribution in [-0.4, -0.2) is 21.7 Å². The van der Waals surface area contributed by atoms with Crippen molar-refractivity contribution in [1.82, 2.24) is 9.97 Å². The zero-order valence-corrected chi connectivity index (χ0v) is 9.65. The average Bonchev–Trinajstić information content (AvgIpc) is 2.16. The molecule has 1 rings (SSSR count). The summed E-state index contributed by atoms with van der Waals surface area (Å²) < 4.78 is 5.05. The summed E-state index contributed by atoms with van der Waals surface area (Å²) in [6.45, 7) is 8.94. The molecule has 0 saturated heterocycles. The van der Waals surface area contributed by atoms with Gasteiger partial charge in [0.05, 0.1) is 0 Å². The second-order valence-corrected chi connectivity index (χ2v) is 4.17. The molecule has 1 N–H and O–H groups in total. The molecule has 0 aromatic carbocycles. The van der Waals surface area contributed by atoms with Crippen LogP contribution in [-0.2, 0) is 4.74 Å². The minimum atomic E-state index is -0.571. The van der Waals surface area contributed by atoms with Crippen LogP contribution in [0.4, 0.5) is 10.7 Å². The van der Waals surface area contributed by atoms with Crippen molar-refractivity contribution >= 4 is 18.1 Å². The molecular weight excluding hydrogens is 206 g/mol. The Balaban J connectivity index is 2.59. The average molecular weight is 221 g/mol.